The van der Waals surface area contributed by atoms with E-state index in [0.717, 1.165) is 41.8 Å². The Morgan fingerprint density at radius 3 is 2.57 bits per heavy atom. The molecule has 30 heavy (non-hydrogen) atoms. The van der Waals surface area contributed by atoms with Crippen LogP contribution in [0.4, 0.5) is 0 Å². The van der Waals surface area contributed by atoms with E-state index >= 15 is 0 Å². The Balaban J connectivity index is 1.49. The zero-order valence-electron chi connectivity index (χ0n) is 17.4. The van der Waals surface area contributed by atoms with Crippen molar-refractivity contribution >= 4 is 33.4 Å². The van der Waals surface area contributed by atoms with Gasteiger partial charge in [-0.05, 0) is 42.7 Å². The molecular formula is C24H27N3O2S. The average molecular weight is 422 g/mol. The van der Waals surface area contributed by atoms with E-state index in [1.807, 2.05) is 42.3 Å². The van der Waals surface area contributed by atoms with Crippen LogP contribution in [0, 0.1) is 5.92 Å². The maximum Gasteiger partial charge on any atom is 0.251 e. The molecule has 5 nitrogen and oxygen atoms in total. The molecule has 2 aromatic carbocycles. The van der Waals surface area contributed by atoms with Gasteiger partial charge in [0, 0.05) is 38.0 Å². The zero-order chi connectivity index (χ0) is 21.1. The molecule has 1 fully saturated rings. The second kappa shape index (κ2) is 8.96. The van der Waals surface area contributed by atoms with Crippen molar-refractivity contribution in [3.63, 3.8) is 0 Å². The topological polar surface area (TPSA) is 62.3 Å². The van der Waals surface area contributed by atoms with E-state index < -0.39 is 0 Å². The Hall–Kier alpha value is -2.73. The molecule has 1 heterocycles. The number of hydrogen-bond donors (Lipinski definition) is 1. The number of benzene rings is 2. The van der Waals surface area contributed by atoms with Crippen molar-refractivity contribution in [2.45, 2.75) is 38.1 Å². The quantitative estimate of drug-likeness (QED) is 0.655. The summed E-state index contributed by atoms with van der Waals surface area (Å²) < 4.78 is 1.19. The minimum atomic E-state index is -0.105. The first-order chi connectivity index (χ1) is 14.6. The number of fused-ring (bicyclic) bond motifs is 1. The van der Waals surface area contributed by atoms with Crippen molar-refractivity contribution in [2.24, 2.45) is 5.92 Å². The number of rotatable bonds is 5. The number of nitrogens with zero attached hydrogens (tertiary/aromatic N) is 2. The Morgan fingerprint density at radius 1 is 1.10 bits per heavy atom. The van der Waals surface area contributed by atoms with Crippen molar-refractivity contribution in [3.05, 3.63) is 64.7 Å². The van der Waals surface area contributed by atoms with Crippen LogP contribution in [0.25, 0.3) is 10.2 Å². The van der Waals surface area contributed by atoms with Crippen molar-refractivity contribution < 1.29 is 9.59 Å². The van der Waals surface area contributed by atoms with Gasteiger partial charge in [0.2, 0.25) is 5.91 Å². The molecule has 0 bridgehead atoms. The van der Waals surface area contributed by atoms with E-state index in [2.05, 4.69) is 11.4 Å². The standard InChI is InChI=1S/C24H27N3O2S/c1-25-22(28)17-13-11-16(12-14-17)15-27(2)24(29)19-8-4-3-7-18(19)23-26-20-9-5-6-10-21(20)30-23/h5-6,9-14,18-19H,3-4,7-8,15H2,1-2H3,(H,25,28). The third-order valence-corrected chi connectivity index (χ3v) is 7.12. The number of carbonyl (C=O) groups excluding carboxylic acids is 2. The molecule has 0 radical (unpaired) electrons. The third kappa shape index (κ3) is 4.24. The molecule has 1 aliphatic rings. The molecule has 1 aromatic heterocycles. The molecule has 0 spiro atoms. The van der Waals surface area contributed by atoms with Gasteiger partial charge in [0.15, 0.2) is 0 Å². The summed E-state index contributed by atoms with van der Waals surface area (Å²) in [6.45, 7) is 0.538. The van der Waals surface area contributed by atoms with Gasteiger partial charge in [0.05, 0.1) is 15.2 Å². The largest absolute Gasteiger partial charge is 0.355 e. The summed E-state index contributed by atoms with van der Waals surface area (Å²) in [5, 5.41) is 3.72. The van der Waals surface area contributed by atoms with Crippen LogP contribution >= 0.6 is 11.3 Å². The molecule has 2 amide bonds. The predicted octanol–water partition coefficient (Wildman–Crippen LogP) is 4.59. The molecule has 6 heteroatoms. The van der Waals surface area contributed by atoms with Crippen LogP contribution in [-0.2, 0) is 11.3 Å². The number of hydrogen-bond acceptors (Lipinski definition) is 4. The molecule has 2 unspecified atom stereocenters. The average Bonchev–Trinajstić information content (AvgIpc) is 3.22. The fraction of sp³-hybridized carbons (Fsp3) is 0.375. The van der Waals surface area contributed by atoms with Crippen LogP contribution in [0.15, 0.2) is 48.5 Å². The lowest BCUT2D eigenvalue weighted by Crippen LogP contribution is -2.37. The molecule has 4 rings (SSSR count). The van der Waals surface area contributed by atoms with Gasteiger partial charge in [-0.15, -0.1) is 11.3 Å². The summed E-state index contributed by atoms with van der Waals surface area (Å²) in [4.78, 5) is 31.8. The van der Waals surface area contributed by atoms with E-state index in [1.54, 1.807) is 30.5 Å². The molecule has 0 aliphatic heterocycles. The second-order valence-electron chi connectivity index (χ2n) is 7.99. The van der Waals surface area contributed by atoms with E-state index in [4.69, 9.17) is 4.98 Å². The summed E-state index contributed by atoms with van der Waals surface area (Å²) >= 11 is 1.73. The van der Waals surface area contributed by atoms with Crippen LogP contribution < -0.4 is 5.32 Å². The van der Waals surface area contributed by atoms with Crippen molar-refractivity contribution in [1.82, 2.24) is 15.2 Å². The number of carbonyl (C=O) groups is 2. The van der Waals surface area contributed by atoms with E-state index in [1.165, 1.54) is 4.70 Å². The van der Waals surface area contributed by atoms with Crippen molar-refractivity contribution in [3.8, 4) is 0 Å². The fourth-order valence-electron chi connectivity index (χ4n) is 4.31. The molecule has 1 aliphatic carbocycles. The maximum atomic E-state index is 13.4. The zero-order valence-corrected chi connectivity index (χ0v) is 18.2. The smallest absolute Gasteiger partial charge is 0.251 e. The lowest BCUT2D eigenvalue weighted by atomic mass is 9.78. The lowest BCUT2D eigenvalue weighted by molar-refractivity contribution is -0.136. The number of thiazole rings is 1. The Bertz CT molecular complexity index is 1010. The Labute approximate surface area is 181 Å². The van der Waals surface area contributed by atoms with Crippen molar-refractivity contribution in [2.75, 3.05) is 14.1 Å². The van der Waals surface area contributed by atoms with Crippen LogP contribution in [0.3, 0.4) is 0 Å². The summed E-state index contributed by atoms with van der Waals surface area (Å²) in [5.74, 6) is 0.261. The lowest BCUT2D eigenvalue weighted by Gasteiger charge is -2.32. The number of nitrogens with one attached hydrogen (secondary N) is 1. The molecule has 156 valence electrons. The van der Waals surface area contributed by atoms with E-state index in [9.17, 15) is 9.59 Å². The Morgan fingerprint density at radius 2 is 1.83 bits per heavy atom. The third-order valence-electron chi connectivity index (χ3n) is 5.95. The summed E-state index contributed by atoms with van der Waals surface area (Å²) in [6, 6.07) is 15.6. The highest BCUT2D eigenvalue weighted by Crippen LogP contribution is 2.41. The van der Waals surface area contributed by atoms with E-state index in [0.29, 0.717) is 12.1 Å². The van der Waals surface area contributed by atoms with Gasteiger partial charge in [0.1, 0.15) is 0 Å². The number of aromatic nitrogens is 1. The molecular weight excluding hydrogens is 394 g/mol. The highest BCUT2D eigenvalue weighted by atomic mass is 32.1. The van der Waals surface area contributed by atoms with Crippen LogP contribution in [-0.4, -0.2) is 35.8 Å². The van der Waals surface area contributed by atoms with Gasteiger partial charge < -0.3 is 10.2 Å². The van der Waals surface area contributed by atoms with Gasteiger partial charge >= 0.3 is 0 Å². The molecule has 2 atom stereocenters. The van der Waals surface area contributed by atoms with Gasteiger partial charge in [-0.1, -0.05) is 37.1 Å². The van der Waals surface area contributed by atoms with Gasteiger partial charge in [-0.2, -0.15) is 0 Å². The van der Waals surface area contributed by atoms with Crippen molar-refractivity contribution in [1.29, 1.82) is 0 Å². The Kier molecular flexibility index (Phi) is 6.13. The monoisotopic (exact) mass is 421 g/mol. The summed E-state index contributed by atoms with van der Waals surface area (Å²) in [6.07, 6.45) is 4.17. The van der Waals surface area contributed by atoms with Gasteiger partial charge in [0.25, 0.3) is 5.91 Å². The molecule has 1 N–H and O–H groups in total. The van der Waals surface area contributed by atoms with Crippen LogP contribution in [0.1, 0.15) is 52.5 Å². The van der Waals surface area contributed by atoms with Crippen LogP contribution in [0.5, 0.6) is 0 Å². The van der Waals surface area contributed by atoms with E-state index in [-0.39, 0.29) is 23.7 Å². The highest BCUT2D eigenvalue weighted by Gasteiger charge is 2.35. The maximum absolute atomic E-state index is 13.4. The normalized spacial score (nSPS) is 18.9. The van der Waals surface area contributed by atoms with Crippen LogP contribution in [0.2, 0.25) is 0 Å². The minimum absolute atomic E-state index is 0.0190. The summed E-state index contributed by atoms with van der Waals surface area (Å²) in [5.41, 5.74) is 2.67. The first kappa shape index (κ1) is 20.5. The highest BCUT2D eigenvalue weighted by molar-refractivity contribution is 7.18. The number of para-hydroxylation sites is 1. The molecule has 3 aromatic rings. The predicted molar refractivity (Wildman–Crippen MR) is 121 cm³/mol. The SMILES string of the molecule is CNC(=O)c1ccc(CN(C)C(=O)C2CCCCC2c2nc3ccccc3s2)cc1. The first-order valence-corrected chi connectivity index (χ1v) is 11.3. The van der Waals surface area contributed by atoms with Gasteiger partial charge in [-0.25, -0.2) is 4.98 Å². The minimum Gasteiger partial charge on any atom is -0.355 e. The summed E-state index contributed by atoms with van der Waals surface area (Å²) in [7, 11) is 3.49. The number of amides is 2. The second-order valence-corrected chi connectivity index (χ2v) is 9.05. The first-order valence-electron chi connectivity index (χ1n) is 10.5. The molecule has 0 saturated heterocycles. The van der Waals surface area contributed by atoms with Gasteiger partial charge in [-0.3, -0.25) is 9.59 Å². The fourth-order valence-corrected chi connectivity index (χ4v) is 5.48. The molecule has 1 saturated carbocycles.